The molecule has 1 aromatic heterocycles. The lowest BCUT2D eigenvalue weighted by atomic mass is 9.98. The second kappa shape index (κ2) is 20.5. The maximum absolute atomic E-state index is 2.75. The van der Waals surface area contributed by atoms with Crippen molar-refractivity contribution >= 4 is 78.5 Å². The van der Waals surface area contributed by atoms with Crippen molar-refractivity contribution in [3.63, 3.8) is 0 Å². The number of nitrogens with zero attached hydrogens (tertiary/aromatic N) is 2. The Bertz CT molecular complexity index is 4280. The zero-order chi connectivity index (χ0) is 52.5. The van der Waals surface area contributed by atoms with E-state index in [0.29, 0.717) is 0 Å². The number of hydrogen-bond donors (Lipinski definition) is 0. The van der Waals surface area contributed by atoms with Crippen LogP contribution in [0.2, 0.25) is 0 Å². The lowest BCUT2D eigenvalue weighted by Gasteiger charge is -2.34. The molecule has 0 aliphatic carbocycles. The van der Waals surface area contributed by atoms with Crippen molar-refractivity contribution in [2.45, 2.75) is 0 Å². The summed E-state index contributed by atoms with van der Waals surface area (Å²) in [4.78, 5) is 2.46. The monoisotopic (exact) mass is 1020 g/mol. The van der Waals surface area contributed by atoms with E-state index < -0.39 is 8.07 Å². The van der Waals surface area contributed by atoms with E-state index in [0.717, 1.165) is 39.3 Å². The van der Waals surface area contributed by atoms with Crippen LogP contribution in [0.25, 0.3) is 82.8 Å². The topological polar surface area (TPSA) is 8.17 Å². The molecular weight excluding hydrogens is 969 g/mol. The number of aromatic nitrogens is 1. The van der Waals surface area contributed by atoms with Gasteiger partial charge in [0, 0.05) is 27.8 Å². The molecule has 79 heavy (non-hydrogen) atoms. The molecule has 0 aliphatic heterocycles. The summed E-state index contributed by atoms with van der Waals surface area (Å²) in [6.45, 7) is 0. The van der Waals surface area contributed by atoms with Gasteiger partial charge in [0.25, 0.3) is 0 Å². The summed E-state index contributed by atoms with van der Waals surface area (Å²) in [7, 11) is -2.75. The van der Waals surface area contributed by atoms with Gasteiger partial charge in [-0.1, -0.05) is 267 Å². The van der Waals surface area contributed by atoms with Crippen LogP contribution in [0.3, 0.4) is 0 Å². The second-order valence-corrected chi connectivity index (χ2v) is 24.2. The molecule has 0 radical (unpaired) electrons. The van der Waals surface area contributed by atoms with Gasteiger partial charge in [-0.25, -0.2) is 0 Å². The highest BCUT2D eigenvalue weighted by atomic mass is 28.3. The molecule has 0 saturated carbocycles. The summed E-state index contributed by atoms with van der Waals surface area (Å²) in [6.07, 6.45) is 0. The van der Waals surface area contributed by atoms with Crippen molar-refractivity contribution in [2.24, 2.45) is 0 Å². The number of para-hydroxylation sites is 1. The van der Waals surface area contributed by atoms with Gasteiger partial charge < -0.3 is 9.47 Å². The molecule has 3 heteroatoms. The summed E-state index contributed by atoms with van der Waals surface area (Å²) < 4.78 is 2.47. The number of rotatable bonds is 12. The summed E-state index contributed by atoms with van der Waals surface area (Å²) in [6, 6.07) is 121. The van der Waals surface area contributed by atoms with Crippen LogP contribution < -0.4 is 25.6 Å². The van der Waals surface area contributed by atoms with E-state index in [1.54, 1.807) is 0 Å². The standard InChI is InChI=1S/C76H54N2Si/c1-6-23-55(24-7-1)61-51-62(56-25-8-2-9-26-56)53-65(52-61)78-73-40-19-18-38-72(73)76-74(41-22-42-75(76)78)77(64-49-45-59(46-50-64)71-39-21-28-58-27-16-17-37-70(58)71)63-47-43-57(44-48-63)60-29-20-36-69(54-60)79(66-30-10-3-11-31-66,67-32-12-4-13-33-67)68-34-14-5-15-35-68/h1-54H. The number of benzene rings is 13. The normalized spacial score (nSPS) is 11.5. The molecule has 0 aliphatic rings. The van der Waals surface area contributed by atoms with Crippen molar-refractivity contribution in [1.82, 2.24) is 4.57 Å². The Hall–Kier alpha value is -10.1. The average Bonchev–Trinajstić information content (AvgIpc) is 4.04. The Morgan fingerprint density at radius 2 is 0.696 bits per heavy atom. The third kappa shape index (κ3) is 8.54. The maximum atomic E-state index is 2.47. The third-order valence-corrected chi connectivity index (χ3v) is 20.7. The highest BCUT2D eigenvalue weighted by Crippen LogP contribution is 2.45. The van der Waals surface area contributed by atoms with Gasteiger partial charge in [0.1, 0.15) is 0 Å². The van der Waals surface area contributed by atoms with Gasteiger partial charge in [-0.2, -0.15) is 0 Å². The lowest BCUT2D eigenvalue weighted by Crippen LogP contribution is -2.74. The first-order valence-corrected chi connectivity index (χ1v) is 29.2. The minimum absolute atomic E-state index is 1.07. The minimum Gasteiger partial charge on any atom is -0.310 e. The summed E-state index contributed by atoms with van der Waals surface area (Å²) >= 11 is 0. The average molecular weight is 1020 g/mol. The van der Waals surface area contributed by atoms with Gasteiger partial charge in [-0.3, -0.25) is 0 Å². The Morgan fingerprint density at radius 3 is 1.29 bits per heavy atom. The fraction of sp³-hybridized carbons (Fsp3) is 0. The van der Waals surface area contributed by atoms with E-state index in [2.05, 4.69) is 337 Å². The molecule has 13 aromatic carbocycles. The van der Waals surface area contributed by atoms with Crippen LogP contribution in [0, 0.1) is 0 Å². The van der Waals surface area contributed by atoms with Gasteiger partial charge >= 0.3 is 0 Å². The molecule has 2 nitrogen and oxygen atoms in total. The highest BCUT2D eigenvalue weighted by Gasteiger charge is 2.41. The molecule has 0 amide bonds. The van der Waals surface area contributed by atoms with Crippen LogP contribution in [0.5, 0.6) is 0 Å². The van der Waals surface area contributed by atoms with Crippen LogP contribution in [-0.2, 0) is 0 Å². The predicted molar refractivity (Wildman–Crippen MR) is 338 cm³/mol. The quantitative estimate of drug-likeness (QED) is 0.0875. The van der Waals surface area contributed by atoms with E-state index in [1.165, 1.54) is 81.2 Å². The van der Waals surface area contributed by atoms with Crippen molar-refractivity contribution < 1.29 is 0 Å². The Balaban J connectivity index is 0.943. The van der Waals surface area contributed by atoms with E-state index >= 15 is 0 Å². The van der Waals surface area contributed by atoms with Gasteiger partial charge in [-0.05, 0) is 137 Å². The van der Waals surface area contributed by atoms with Crippen molar-refractivity contribution in [3.8, 4) is 50.2 Å². The fourth-order valence-electron chi connectivity index (χ4n) is 12.3. The predicted octanol–water partition coefficient (Wildman–Crippen LogP) is 17.5. The van der Waals surface area contributed by atoms with Crippen LogP contribution in [0.4, 0.5) is 17.1 Å². The first kappa shape index (κ1) is 47.4. The van der Waals surface area contributed by atoms with Crippen LogP contribution in [0.1, 0.15) is 0 Å². The zero-order valence-corrected chi connectivity index (χ0v) is 44.6. The van der Waals surface area contributed by atoms with Gasteiger partial charge in [0.2, 0.25) is 0 Å². The Morgan fingerprint density at radius 1 is 0.266 bits per heavy atom. The fourth-order valence-corrected chi connectivity index (χ4v) is 17.1. The first-order chi connectivity index (χ1) is 39.2. The molecule has 0 saturated heterocycles. The van der Waals surface area contributed by atoms with Crippen molar-refractivity contribution in [1.29, 1.82) is 0 Å². The molecule has 372 valence electrons. The first-order valence-electron chi connectivity index (χ1n) is 27.2. The zero-order valence-electron chi connectivity index (χ0n) is 43.6. The Labute approximate surface area is 463 Å². The molecule has 0 N–H and O–H groups in total. The smallest absolute Gasteiger partial charge is 0.179 e. The molecule has 0 unspecified atom stereocenters. The van der Waals surface area contributed by atoms with Crippen molar-refractivity contribution in [2.75, 3.05) is 4.90 Å². The Kier molecular flexibility index (Phi) is 12.3. The largest absolute Gasteiger partial charge is 0.310 e. The van der Waals surface area contributed by atoms with Crippen LogP contribution >= 0.6 is 0 Å². The minimum atomic E-state index is -2.75. The van der Waals surface area contributed by atoms with E-state index in [1.807, 2.05) is 0 Å². The number of anilines is 3. The van der Waals surface area contributed by atoms with Crippen LogP contribution in [-0.4, -0.2) is 12.6 Å². The van der Waals surface area contributed by atoms with E-state index in [9.17, 15) is 0 Å². The molecule has 0 spiro atoms. The van der Waals surface area contributed by atoms with E-state index in [4.69, 9.17) is 0 Å². The summed E-state index contributed by atoms with van der Waals surface area (Å²) in [5.41, 5.74) is 16.1. The number of fused-ring (bicyclic) bond motifs is 4. The molecule has 0 fully saturated rings. The van der Waals surface area contributed by atoms with Gasteiger partial charge in [0.05, 0.1) is 16.7 Å². The van der Waals surface area contributed by atoms with Crippen LogP contribution in [0.15, 0.2) is 328 Å². The molecular formula is C76H54N2Si. The van der Waals surface area contributed by atoms with Crippen molar-refractivity contribution in [3.05, 3.63) is 328 Å². The third-order valence-electron chi connectivity index (χ3n) is 15.9. The lowest BCUT2D eigenvalue weighted by molar-refractivity contribution is 1.18. The molecule has 14 rings (SSSR count). The molecule has 0 bridgehead atoms. The molecule has 0 atom stereocenters. The second-order valence-electron chi connectivity index (χ2n) is 20.4. The number of hydrogen-bond acceptors (Lipinski definition) is 1. The summed E-state index contributed by atoms with van der Waals surface area (Å²) in [5.74, 6) is 0. The molecule has 14 aromatic rings. The van der Waals surface area contributed by atoms with Gasteiger partial charge in [-0.15, -0.1) is 0 Å². The maximum Gasteiger partial charge on any atom is 0.179 e. The summed E-state index contributed by atoms with van der Waals surface area (Å²) in [5, 5.41) is 10.3. The van der Waals surface area contributed by atoms with Gasteiger partial charge in [0.15, 0.2) is 8.07 Å². The molecule has 1 heterocycles. The highest BCUT2D eigenvalue weighted by molar-refractivity contribution is 7.19. The van der Waals surface area contributed by atoms with E-state index in [-0.39, 0.29) is 0 Å². The SMILES string of the molecule is c1ccc(-c2cc(-c3ccccc3)cc(-n3c4ccccc4c4c(N(c5ccc(-c6cccc([Si](c7ccccc7)(c7ccccc7)c7ccccc7)c6)cc5)c5ccc(-c6cccc7ccccc67)cc5)cccc43)c2)cc1.